The zero-order chi connectivity index (χ0) is 27.0. The Labute approximate surface area is 226 Å². The molecule has 4 aromatic rings. The zero-order valence-electron chi connectivity index (χ0n) is 21.4. The first-order valence-electron chi connectivity index (χ1n) is 13.0. The second-order valence-corrected chi connectivity index (χ2v) is 11.4. The molecule has 0 spiro atoms. The van der Waals surface area contributed by atoms with Gasteiger partial charge in [-0.25, -0.2) is 23.1 Å². The normalized spacial score (nSPS) is 17.1. The summed E-state index contributed by atoms with van der Waals surface area (Å²) in [5, 5.41) is 0. The van der Waals surface area contributed by atoms with E-state index in [4.69, 9.17) is 20.9 Å². The fraction of sp³-hybridized carbons (Fsp3) is 0.333. The highest BCUT2D eigenvalue weighted by molar-refractivity contribution is 7.89. The van der Waals surface area contributed by atoms with Crippen molar-refractivity contribution in [3.8, 4) is 16.8 Å². The van der Waals surface area contributed by atoms with Crippen molar-refractivity contribution < 1.29 is 17.9 Å². The molecule has 2 saturated heterocycles. The van der Waals surface area contributed by atoms with E-state index < -0.39 is 10.0 Å². The molecule has 11 nitrogen and oxygen atoms in total. The third kappa shape index (κ3) is 5.15. The van der Waals surface area contributed by atoms with Gasteiger partial charge in [-0.1, -0.05) is 6.07 Å². The van der Waals surface area contributed by atoms with Crippen molar-refractivity contribution in [2.45, 2.75) is 23.8 Å². The molecular formula is C27H31N7O4S. The summed E-state index contributed by atoms with van der Waals surface area (Å²) in [5.41, 5.74) is 17.3. The van der Waals surface area contributed by atoms with Gasteiger partial charge in [0, 0.05) is 55.5 Å². The highest BCUT2D eigenvalue weighted by atomic mass is 32.2. The van der Waals surface area contributed by atoms with Gasteiger partial charge in [-0.2, -0.15) is 0 Å². The Morgan fingerprint density at radius 1 is 0.872 bits per heavy atom. The van der Waals surface area contributed by atoms with Crippen molar-refractivity contribution in [1.29, 1.82) is 0 Å². The molecule has 4 heterocycles. The molecule has 0 bridgehead atoms. The Bertz CT molecular complexity index is 1590. The number of aromatic nitrogens is 3. The summed E-state index contributed by atoms with van der Waals surface area (Å²) in [6.07, 6.45) is 2.80. The molecule has 2 aromatic carbocycles. The highest BCUT2D eigenvalue weighted by Crippen LogP contribution is 2.31. The van der Waals surface area contributed by atoms with Crippen molar-refractivity contribution in [3.63, 3.8) is 0 Å². The predicted molar refractivity (Wildman–Crippen MR) is 150 cm³/mol. The van der Waals surface area contributed by atoms with E-state index in [-0.39, 0.29) is 16.8 Å². The van der Waals surface area contributed by atoms with Crippen LogP contribution >= 0.6 is 0 Å². The first kappa shape index (κ1) is 25.6. The number of nitrogens with one attached hydrogen (secondary N) is 1. The summed E-state index contributed by atoms with van der Waals surface area (Å²) in [7, 11) is -3.87. The Kier molecular flexibility index (Phi) is 6.85. The molecule has 0 unspecified atom stereocenters. The monoisotopic (exact) mass is 549 g/mol. The largest absolute Gasteiger partial charge is 0.383 e. The van der Waals surface area contributed by atoms with Crippen molar-refractivity contribution in [1.82, 2.24) is 19.3 Å². The van der Waals surface area contributed by atoms with Gasteiger partial charge in [0.25, 0.3) is 0 Å². The summed E-state index contributed by atoms with van der Waals surface area (Å²) in [6.45, 7) is 4.20. The molecule has 6 rings (SSSR count). The van der Waals surface area contributed by atoms with Gasteiger partial charge in [0.15, 0.2) is 0 Å². The lowest BCUT2D eigenvalue weighted by Crippen LogP contribution is -2.39. The van der Waals surface area contributed by atoms with Gasteiger partial charge in [-0.3, -0.25) is 4.57 Å². The van der Waals surface area contributed by atoms with Crippen LogP contribution in [0.2, 0.25) is 0 Å². The van der Waals surface area contributed by atoms with E-state index >= 15 is 0 Å². The Morgan fingerprint density at radius 2 is 1.56 bits per heavy atom. The van der Waals surface area contributed by atoms with Crippen molar-refractivity contribution >= 4 is 38.5 Å². The molecule has 0 radical (unpaired) electrons. The number of sulfonamides is 1. The maximum atomic E-state index is 13.2. The van der Waals surface area contributed by atoms with Crippen LogP contribution < -0.4 is 21.1 Å². The van der Waals surface area contributed by atoms with E-state index in [1.165, 1.54) is 0 Å². The van der Waals surface area contributed by atoms with Gasteiger partial charge in [0.2, 0.25) is 16.0 Å². The summed E-state index contributed by atoms with van der Waals surface area (Å²) in [4.78, 5) is 11.0. The lowest BCUT2D eigenvalue weighted by Gasteiger charge is -2.29. The number of hydrogen-bond donors (Lipinski definition) is 3. The summed E-state index contributed by atoms with van der Waals surface area (Å²) in [5.74, 6) is 0.315. The van der Waals surface area contributed by atoms with Crippen LogP contribution in [0.15, 0.2) is 59.6 Å². The third-order valence-corrected chi connectivity index (χ3v) is 8.76. The lowest BCUT2D eigenvalue weighted by molar-refractivity contribution is 0.0832. The van der Waals surface area contributed by atoms with Crippen LogP contribution in [-0.4, -0.2) is 68.5 Å². The van der Waals surface area contributed by atoms with Gasteiger partial charge in [0.1, 0.15) is 10.7 Å². The number of ether oxygens (including phenoxy) is 2. The van der Waals surface area contributed by atoms with E-state index in [1.807, 2.05) is 34.9 Å². The van der Waals surface area contributed by atoms with Crippen LogP contribution in [0.4, 0.5) is 17.5 Å². The highest BCUT2D eigenvalue weighted by Gasteiger charge is 2.25. The molecule has 12 heteroatoms. The topological polar surface area (TPSA) is 151 Å². The molecule has 2 aromatic heterocycles. The van der Waals surface area contributed by atoms with Gasteiger partial charge >= 0.3 is 0 Å². The number of imidazole rings is 1. The van der Waals surface area contributed by atoms with Crippen molar-refractivity contribution in [2.24, 2.45) is 0 Å². The van der Waals surface area contributed by atoms with Gasteiger partial charge in [0.05, 0.1) is 24.2 Å². The maximum Gasteiger partial charge on any atom is 0.244 e. The number of hydrogen-bond acceptors (Lipinski definition) is 9. The lowest BCUT2D eigenvalue weighted by atomic mass is 10.1. The second kappa shape index (κ2) is 10.5. The van der Waals surface area contributed by atoms with E-state index in [1.54, 1.807) is 12.3 Å². The van der Waals surface area contributed by atoms with E-state index in [0.29, 0.717) is 37.6 Å². The molecule has 39 heavy (non-hydrogen) atoms. The number of morpholine rings is 1. The first-order valence-corrected chi connectivity index (χ1v) is 14.4. The average molecular weight is 550 g/mol. The fourth-order valence-electron chi connectivity index (χ4n) is 5.11. The van der Waals surface area contributed by atoms with E-state index in [2.05, 4.69) is 31.7 Å². The zero-order valence-corrected chi connectivity index (χ0v) is 22.2. The minimum atomic E-state index is -3.87. The molecule has 2 aliphatic rings. The van der Waals surface area contributed by atoms with Crippen molar-refractivity contribution in [2.75, 3.05) is 55.9 Å². The Morgan fingerprint density at radius 3 is 2.31 bits per heavy atom. The van der Waals surface area contributed by atoms with Crippen LogP contribution in [0.1, 0.15) is 12.8 Å². The third-order valence-electron chi connectivity index (χ3n) is 7.21. The first-order chi connectivity index (χ1) is 18.9. The predicted octanol–water partition coefficient (Wildman–Crippen LogP) is 2.55. The quantitative estimate of drug-likeness (QED) is 0.330. The van der Waals surface area contributed by atoms with Crippen LogP contribution in [0.5, 0.6) is 0 Å². The van der Waals surface area contributed by atoms with Crippen LogP contribution in [-0.2, 0) is 19.5 Å². The molecule has 0 aliphatic carbocycles. The second-order valence-electron chi connectivity index (χ2n) is 9.74. The number of rotatable bonds is 6. The standard InChI is InChI=1S/C27H31N7O4S/c28-26-25(39(35,36)32-20-7-11-37-12-8-20)16-19(17-30-26)18-1-6-23-24(15-18)34(27(29)31-23)22-4-2-21(3-5-22)33-9-13-38-14-10-33/h1-6,15-17,20,32H,7-14H2,(H2,28,30)(H2,29,31). The van der Waals surface area contributed by atoms with Gasteiger partial charge < -0.3 is 25.8 Å². The minimum Gasteiger partial charge on any atom is -0.383 e. The van der Waals surface area contributed by atoms with E-state index in [0.717, 1.165) is 54.3 Å². The van der Waals surface area contributed by atoms with Crippen LogP contribution in [0.3, 0.4) is 0 Å². The summed E-state index contributed by atoms with van der Waals surface area (Å²) < 4.78 is 41.8. The fourth-order valence-corrected chi connectivity index (χ4v) is 6.52. The van der Waals surface area contributed by atoms with Crippen LogP contribution in [0, 0.1) is 0 Å². The number of anilines is 3. The van der Waals surface area contributed by atoms with Crippen LogP contribution in [0.25, 0.3) is 27.8 Å². The molecule has 2 fully saturated rings. The molecule has 5 N–H and O–H groups in total. The Balaban J connectivity index is 1.33. The van der Waals surface area contributed by atoms with Gasteiger partial charge in [-0.05, 0) is 60.9 Å². The SMILES string of the molecule is Nc1ncc(-c2ccc3nc(N)n(-c4ccc(N5CCOCC5)cc4)c3c2)cc1S(=O)(=O)NC1CCOCC1. The van der Waals surface area contributed by atoms with Crippen molar-refractivity contribution in [3.05, 3.63) is 54.7 Å². The molecule has 0 amide bonds. The summed E-state index contributed by atoms with van der Waals surface area (Å²) in [6, 6.07) is 15.2. The number of pyridine rings is 1. The maximum absolute atomic E-state index is 13.2. The minimum absolute atomic E-state index is 0.0432. The molecule has 2 aliphatic heterocycles. The number of nitrogens with two attached hydrogens (primary N) is 2. The number of benzene rings is 2. The molecule has 204 valence electrons. The Hall–Kier alpha value is -3.71. The van der Waals surface area contributed by atoms with E-state index in [9.17, 15) is 8.42 Å². The van der Waals surface area contributed by atoms with Gasteiger partial charge in [-0.15, -0.1) is 0 Å². The summed E-state index contributed by atoms with van der Waals surface area (Å²) >= 11 is 0. The molecule has 0 atom stereocenters. The smallest absolute Gasteiger partial charge is 0.244 e. The number of nitrogen functional groups attached to an aromatic ring is 2. The molecular weight excluding hydrogens is 518 g/mol. The number of fused-ring (bicyclic) bond motifs is 1. The molecule has 0 saturated carbocycles. The number of nitrogens with zero attached hydrogens (tertiary/aromatic N) is 4. The average Bonchev–Trinajstić information content (AvgIpc) is 3.29.